The van der Waals surface area contributed by atoms with Crippen molar-refractivity contribution in [2.75, 3.05) is 5.32 Å². The molecule has 0 fully saturated rings. The van der Waals surface area contributed by atoms with Crippen LogP contribution in [0.5, 0.6) is 6.01 Å². The highest BCUT2D eigenvalue weighted by atomic mass is 19.1. The van der Waals surface area contributed by atoms with Crippen LogP contribution in [0, 0.1) is 18.6 Å². The Labute approximate surface area is 136 Å². The number of aromatic nitrogens is 5. The number of H-pyrrole nitrogens is 1. The molecule has 0 saturated carbocycles. The molecule has 3 aromatic rings. The number of hydrogen-bond donors (Lipinski definition) is 2. The van der Waals surface area contributed by atoms with Crippen LogP contribution in [0.15, 0.2) is 30.6 Å². The second kappa shape index (κ2) is 6.57. The number of aromatic amines is 1. The first-order valence-corrected chi connectivity index (χ1v) is 7.11. The number of aryl methyl sites for hydroxylation is 1. The molecule has 2 N–H and O–H groups in total. The van der Waals surface area contributed by atoms with Crippen molar-refractivity contribution < 1.29 is 13.5 Å². The van der Waals surface area contributed by atoms with Gasteiger partial charge in [0, 0.05) is 11.8 Å². The van der Waals surface area contributed by atoms with Gasteiger partial charge in [0.15, 0.2) is 17.5 Å². The third-order valence-electron chi connectivity index (χ3n) is 3.12. The van der Waals surface area contributed by atoms with Crippen molar-refractivity contribution in [3.63, 3.8) is 0 Å². The van der Waals surface area contributed by atoms with E-state index in [0.29, 0.717) is 11.5 Å². The highest BCUT2D eigenvalue weighted by Crippen LogP contribution is 2.21. The van der Waals surface area contributed by atoms with Crippen LogP contribution in [0.1, 0.15) is 24.4 Å². The van der Waals surface area contributed by atoms with Gasteiger partial charge in [0.1, 0.15) is 11.9 Å². The Kier molecular flexibility index (Phi) is 4.32. The minimum absolute atomic E-state index is 0.0372. The molecule has 7 nitrogen and oxygen atoms in total. The van der Waals surface area contributed by atoms with Gasteiger partial charge in [0.2, 0.25) is 0 Å². The van der Waals surface area contributed by atoms with Gasteiger partial charge >= 0.3 is 6.01 Å². The molecule has 9 heteroatoms. The first-order chi connectivity index (χ1) is 11.5. The second-order valence-corrected chi connectivity index (χ2v) is 5.07. The smallest absolute Gasteiger partial charge is 0.319 e. The van der Waals surface area contributed by atoms with E-state index in [-0.39, 0.29) is 11.8 Å². The van der Waals surface area contributed by atoms with Crippen LogP contribution in [-0.2, 0) is 0 Å². The number of rotatable bonds is 5. The van der Waals surface area contributed by atoms with Crippen LogP contribution in [0.4, 0.5) is 20.4 Å². The molecule has 0 aliphatic heterocycles. The van der Waals surface area contributed by atoms with Gasteiger partial charge in [-0.3, -0.25) is 10.1 Å². The van der Waals surface area contributed by atoms with Gasteiger partial charge in [-0.15, -0.1) is 0 Å². The van der Waals surface area contributed by atoms with Crippen molar-refractivity contribution in [3.8, 4) is 6.01 Å². The molecule has 24 heavy (non-hydrogen) atoms. The fourth-order valence-electron chi connectivity index (χ4n) is 1.94. The highest BCUT2D eigenvalue weighted by molar-refractivity contribution is 5.52. The molecule has 3 rings (SSSR count). The summed E-state index contributed by atoms with van der Waals surface area (Å²) in [6, 6.07) is 4.44. The molecule has 0 bridgehead atoms. The van der Waals surface area contributed by atoms with E-state index >= 15 is 0 Å². The van der Waals surface area contributed by atoms with Gasteiger partial charge in [-0.05, 0) is 26.0 Å². The van der Waals surface area contributed by atoms with Gasteiger partial charge in [-0.25, -0.2) is 13.8 Å². The predicted octanol–water partition coefficient (Wildman–Crippen LogP) is 3.06. The number of nitrogens with zero attached hydrogens (tertiary/aromatic N) is 4. The first kappa shape index (κ1) is 15.8. The van der Waals surface area contributed by atoms with E-state index in [1.807, 2.05) is 6.92 Å². The van der Waals surface area contributed by atoms with Crippen LogP contribution >= 0.6 is 0 Å². The van der Waals surface area contributed by atoms with E-state index < -0.39 is 17.7 Å². The fourth-order valence-corrected chi connectivity index (χ4v) is 1.94. The van der Waals surface area contributed by atoms with E-state index in [0.717, 1.165) is 18.1 Å². The van der Waals surface area contributed by atoms with Crippen molar-refractivity contribution in [1.82, 2.24) is 25.1 Å². The summed E-state index contributed by atoms with van der Waals surface area (Å²) in [7, 11) is 0. The fraction of sp³-hybridized carbons (Fsp3) is 0.200. The molecule has 3 aromatic heterocycles. The molecule has 0 aliphatic carbocycles. The molecule has 1 atom stereocenters. The molecule has 0 radical (unpaired) electrons. The molecule has 0 aliphatic rings. The number of pyridine rings is 1. The summed E-state index contributed by atoms with van der Waals surface area (Å²) in [5.41, 5.74) is 1.32. The van der Waals surface area contributed by atoms with Crippen molar-refractivity contribution in [3.05, 3.63) is 53.6 Å². The average molecular weight is 332 g/mol. The summed E-state index contributed by atoms with van der Waals surface area (Å²) in [5.74, 6) is -0.726. The van der Waals surface area contributed by atoms with E-state index in [4.69, 9.17) is 4.74 Å². The summed E-state index contributed by atoms with van der Waals surface area (Å²) in [5, 5.41) is 9.42. The lowest BCUT2D eigenvalue weighted by atomic mass is 10.2. The highest BCUT2D eigenvalue weighted by Gasteiger charge is 2.14. The lowest BCUT2D eigenvalue weighted by molar-refractivity contribution is 0.202. The van der Waals surface area contributed by atoms with Gasteiger partial charge in [0.05, 0.1) is 18.1 Å². The zero-order valence-electron chi connectivity index (χ0n) is 12.9. The maximum atomic E-state index is 13.8. The van der Waals surface area contributed by atoms with Gasteiger partial charge in [-0.2, -0.15) is 10.1 Å². The van der Waals surface area contributed by atoms with Crippen molar-refractivity contribution in [2.45, 2.75) is 20.0 Å². The van der Waals surface area contributed by atoms with Crippen LogP contribution in [0.3, 0.4) is 0 Å². The lowest BCUT2D eigenvalue weighted by Crippen LogP contribution is -2.09. The number of anilines is 2. The monoisotopic (exact) mass is 332 g/mol. The number of nitrogens with one attached hydrogen (secondary N) is 2. The topological polar surface area (TPSA) is 88.6 Å². The Morgan fingerprint density at radius 2 is 2.04 bits per heavy atom. The summed E-state index contributed by atoms with van der Waals surface area (Å²) in [6.45, 7) is 3.53. The van der Waals surface area contributed by atoms with Crippen molar-refractivity contribution >= 4 is 11.6 Å². The minimum Gasteiger partial charge on any atom is -0.454 e. The molecule has 0 amide bonds. The minimum atomic E-state index is -0.643. The molecular weight excluding hydrogens is 318 g/mol. The SMILES string of the molecule is Cc1cc(Nc2nc(O[C@@H](C)c3ccc(F)cn3)ncc2F)n[nH]1. The number of hydrogen-bond acceptors (Lipinski definition) is 6. The van der Waals surface area contributed by atoms with E-state index in [2.05, 4.69) is 30.5 Å². The third kappa shape index (κ3) is 3.62. The zero-order chi connectivity index (χ0) is 17.1. The Morgan fingerprint density at radius 3 is 2.71 bits per heavy atom. The molecule has 0 saturated heterocycles. The number of ether oxygens (including phenoxy) is 1. The Morgan fingerprint density at radius 1 is 1.21 bits per heavy atom. The Bertz CT molecular complexity index is 836. The molecule has 0 unspecified atom stereocenters. The van der Waals surface area contributed by atoms with Crippen LogP contribution < -0.4 is 10.1 Å². The van der Waals surface area contributed by atoms with Gasteiger partial charge in [0.25, 0.3) is 0 Å². The molecular formula is C15H14F2N6O. The lowest BCUT2D eigenvalue weighted by Gasteiger charge is -2.13. The molecule has 3 heterocycles. The summed E-state index contributed by atoms with van der Waals surface area (Å²) < 4.78 is 32.3. The maximum Gasteiger partial charge on any atom is 0.319 e. The largest absolute Gasteiger partial charge is 0.454 e. The maximum absolute atomic E-state index is 13.8. The standard InChI is InChI=1S/C15H14F2N6O/c1-8-5-13(23-22-8)20-14-11(17)7-19-15(21-14)24-9(2)12-4-3-10(16)6-18-12/h3-7,9H,1-2H3,(H2,19,20,21,22,23)/t9-/m0/s1. The molecule has 124 valence electrons. The second-order valence-electron chi connectivity index (χ2n) is 5.07. The predicted molar refractivity (Wildman–Crippen MR) is 81.8 cm³/mol. The van der Waals surface area contributed by atoms with E-state index in [9.17, 15) is 8.78 Å². The summed E-state index contributed by atoms with van der Waals surface area (Å²) in [4.78, 5) is 11.7. The van der Waals surface area contributed by atoms with Crippen LogP contribution in [-0.4, -0.2) is 25.1 Å². The molecule has 0 aromatic carbocycles. The van der Waals surface area contributed by atoms with Gasteiger partial charge < -0.3 is 10.1 Å². The third-order valence-corrected chi connectivity index (χ3v) is 3.12. The summed E-state index contributed by atoms with van der Waals surface area (Å²) >= 11 is 0. The van der Waals surface area contributed by atoms with E-state index in [1.54, 1.807) is 13.0 Å². The van der Waals surface area contributed by atoms with Gasteiger partial charge in [-0.1, -0.05) is 0 Å². The first-order valence-electron chi connectivity index (χ1n) is 7.11. The zero-order valence-corrected chi connectivity index (χ0v) is 12.9. The van der Waals surface area contributed by atoms with Crippen LogP contribution in [0.25, 0.3) is 0 Å². The van der Waals surface area contributed by atoms with Crippen LogP contribution in [0.2, 0.25) is 0 Å². The molecule has 0 spiro atoms. The Hall–Kier alpha value is -3.10. The van der Waals surface area contributed by atoms with Crippen molar-refractivity contribution in [2.24, 2.45) is 0 Å². The Balaban J connectivity index is 1.76. The average Bonchev–Trinajstić information content (AvgIpc) is 2.96. The number of halogens is 2. The summed E-state index contributed by atoms with van der Waals surface area (Å²) in [6.07, 6.45) is 1.55. The van der Waals surface area contributed by atoms with Crippen molar-refractivity contribution in [1.29, 1.82) is 0 Å². The normalized spacial score (nSPS) is 12.0. The van der Waals surface area contributed by atoms with E-state index in [1.165, 1.54) is 12.1 Å². The quantitative estimate of drug-likeness (QED) is 0.746.